The summed E-state index contributed by atoms with van der Waals surface area (Å²) in [6.07, 6.45) is 8.02. The molecule has 3 saturated heterocycles. The molecule has 2 N–H and O–H groups in total. The fourth-order valence-corrected chi connectivity index (χ4v) is 5.90. The van der Waals surface area contributed by atoms with Crippen LogP contribution < -0.4 is 10.2 Å². The number of nitrogens with zero attached hydrogens (tertiary/aromatic N) is 4. The fourth-order valence-electron chi connectivity index (χ4n) is 5.90. The Morgan fingerprint density at radius 2 is 1.90 bits per heavy atom. The van der Waals surface area contributed by atoms with Gasteiger partial charge in [-0.25, -0.2) is 4.98 Å². The van der Waals surface area contributed by atoms with E-state index in [4.69, 9.17) is 4.98 Å². The van der Waals surface area contributed by atoms with Gasteiger partial charge in [-0.15, -0.1) is 0 Å². The molecule has 0 radical (unpaired) electrons. The maximum absolute atomic E-state index is 5.03. The van der Waals surface area contributed by atoms with Gasteiger partial charge in [-0.2, -0.15) is 0 Å². The molecule has 0 saturated carbocycles. The predicted octanol–water partition coefficient (Wildman–Crippen LogP) is 4.11. The number of aryl methyl sites for hydroxylation is 1. The van der Waals surface area contributed by atoms with Gasteiger partial charge in [0.2, 0.25) is 0 Å². The zero-order chi connectivity index (χ0) is 20.8. The molecule has 6 nitrogen and oxygen atoms in total. The molecule has 2 aromatic heterocycles. The maximum atomic E-state index is 5.03. The van der Waals surface area contributed by atoms with Gasteiger partial charge in [0, 0.05) is 31.9 Å². The summed E-state index contributed by atoms with van der Waals surface area (Å²) in [5, 5.41) is 3.84. The first kappa shape index (κ1) is 19.3. The summed E-state index contributed by atoms with van der Waals surface area (Å²) in [7, 11) is 0. The Morgan fingerprint density at radius 3 is 2.84 bits per heavy atom. The van der Waals surface area contributed by atoms with Crippen LogP contribution in [0.25, 0.3) is 11.0 Å². The first-order valence-corrected chi connectivity index (χ1v) is 11.9. The number of anilines is 1. The van der Waals surface area contributed by atoms with E-state index >= 15 is 0 Å². The number of aromatic amines is 1. The quantitative estimate of drug-likeness (QED) is 0.673. The van der Waals surface area contributed by atoms with Crippen molar-refractivity contribution in [1.82, 2.24) is 25.2 Å². The minimum atomic E-state index is 0.243. The zero-order valence-electron chi connectivity index (χ0n) is 18.3. The number of para-hydroxylation sites is 1. The van der Waals surface area contributed by atoms with Crippen LogP contribution >= 0.6 is 0 Å². The van der Waals surface area contributed by atoms with Crippen molar-refractivity contribution in [3.05, 3.63) is 53.6 Å². The van der Waals surface area contributed by atoms with Crippen LogP contribution in [0, 0.1) is 6.92 Å². The second kappa shape index (κ2) is 7.92. The van der Waals surface area contributed by atoms with E-state index in [2.05, 4.69) is 56.3 Å². The molecule has 0 spiro atoms. The zero-order valence-corrected chi connectivity index (χ0v) is 18.3. The molecule has 3 atom stereocenters. The Morgan fingerprint density at radius 1 is 0.968 bits per heavy atom. The van der Waals surface area contributed by atoms with Crippen molar-refractivity contribution in [3.63, 3.8) is 0 Å². The Labute approximate surface area is 184 Å². The lowest BCUT2D eigenvalue weighted by Crippen LogP contribution is -2.50. The summed E-state index contributed by atoms with van der Waals surface area (Å²) < 4.78 is 0. The number of pyridine rings is 1. The summed E-state index contributed by atoms with van der Waals surface area (Å²) in [5.41, 5.74) is 6.04. The lowest BCUT2D eigenvalue weighted by atomic mass is 9.94. The molecule has 3 fully saturated rings. The molecule has 162 valence electrons. The van der Waals surface area contributed by atoms with Gasteiger partial charge in [0.05, 0.1) is 34.5 Å². The number of H-pyrrole nitrogens is 1. The van der Waals surface area contributed by atoms with Crippen LogP contribution in [0.1, 0.15) is 61.3 Å². The fraction of sp³-hybridized carbons (Fsp3) is 0.520. The summed E-state index contributed by atoms with van der Waals surface area (Å²) >= 11 is 0. The number of benzene rings is 1. The van der Waals surface area contributed by atoms with Crippen molar-refractivity contribution in [2.24, 2.45) is 0 Å². The molecule has 3 aliphatic heterocycles. The van der Waals surface area contributed by atoms with Crippen molar-refractivity contribution < 1.29 is 0 Å². The third kappa shape index (κ3) is 3.52. The Kier molecular flexibility index (Phi) is 4.92. The molecule has 0 bridgehead atoms. The van der Waals surface area contributed by atoms with Gasteiger partial charge in [-0.05, 0) is 69.3 Å². The highest BCUT2D eigenvalue weighted by atomic mass is 15.3. The number of aromatic nitrogens is 3. The van der Waals surface area contributed by atoms with Crippen LogP contribution in [0.4, 0.5) is 5.69 Å². The largest absolute Gasteiger partial charge is 0.367 e. The molecular formula is C25H32N6. The summed E-state index contributed by atoms with van der Waals surface area (Å²) in [6.45, 7) is 6.85. The second-order valence-corrected chi connectivity index (χ2v) is 9.48. The number of nitrogens with one attached hydrogen (secondary N) is 2. The Balaban J connectivity index is 1.27. The highest BCUT2D eigenvalue weighted by molar-refractivity contribution is 5.89. The Bertz CT molecular complexity index is 1070. The highest BCUT2D eigenvalue weighted by Gasteiger charge is 2.32. The van der Waals surface area contributed by atoms with Crippen molar-refractivity contribution in [3.8, 4) is 0 Å². The van der Waals surface area contributed by atoms with Gasteiger partial charge in [-0.3, -0.25) is 15.2 Å². The summed E-state index contributed by atoms with van der Waals surface area (Å²) in [4.78, 5) is 18.7. The van der Waals surface area contributed by atoms with Gasteiger partial charge in [0.1, 0.15) is 5.82 Å². The normalized spacial score (nSPS) is 27.0. The van der Waals surface area contributed by atoms with E-state index < -0.39 is 0 Å². The van der Waals surface area contributed by atoms with Crippen LogP contribution in [0.3, 0.4) is 0 Å². The number of hydrogen-bond acceptors (Lipinski definition) is 5. The minimum absolute atomic E-state index is 0.243. The maximum Gasteiger partial charge on any atom is 0.124 e. The van der Waals surface area contributed by atoms with Crippen molar-refractivity contribution in [2.45, 2.75) is 57.2 Å². The van der Waals surface area contributed by atoms with Gasteiger partial charge in [0.15, 0.2) is 0 Å². The third-order valence-corrected chi connectivity index (χ3v) is 7.54. The number of fused-ring (bicyclic) bond motifs is 2. The third-order valence-electron chi connectivity index (χ3n) is 7.54. The predicted molar refractivity (Wildman–Crippen MR) is 124 cm³/mol. The standard InChI is InChI=1S/C25H32N6/c1-17-6-4-12-26-23(17)19-8-2-10-21(27-19)25-28-20-9-3-11-22(24(20)29-25)31-15-14-30-13-5-7-18(30)16-31/h3-4,6,9,11-12,18-19,21,27H,2,5,7-8,10,13-16H2,1H3,(H,28,29)/t18?,19-,21+/m0/s1. The molecule has 1 aromatic carbocycles. The average molecular weight is 417 g/mol. The molecule has 6 rings (SSSR count). The smallest absolute Gasteiger partial charge is 0.124 e. The average Bonchev–Trinajstić information content (AvgIpc) is 3.46. The molecule has 1 unspecified atom stereocenters. The van der Waals surface area contributed by atoms with E-state index in [1.165, 1.54) is 54.8 Å². The first-order valence-electron chi connectivity index (χ1n) is 11.9. The van der Waals surface area contributed by atoms with Gasteiger partial charge >= 0.3 is 0 Å². The van der Waals surface area contributed by atoms with Crippen molar-refractivity contribution >= 4 is 16.7 Å². The van der Waals surface area contributed by atoms with E-state index in [9.17, 15) is 0 Å². The van der Waals surface area contributed by atoms with E-state index in [0.29, 0.717) is 12.1 Å². The number of piperidine rings is 1. The summed E-state index contributed by atoms with van der Waals surface area (Å²) in [6, 6.07) is 12.0. The van der Waals surface area contributed by atoms with Crippen LogP contribution in [0.5, 0.6) is 0 Å². The molecule has 31 heavy (non-hydrogen) atoms. The number of rotatable bonds is 3. The van der Waals surface area contributed by atoms with E-state index in [-0.39, 0.29) is 6.04 Å². The number of hydrogen-bond donors (Lipinski definition) is 2. The molecular weight excluding hydrogens is 384 g/mol. The highest BCUT2D eigenvalue weighted by Crippen LogP contribution is 2.35. The van der Waals surface area contributed by atoms with Gasteiger partial charge < -0.3 is 9.88 Å². The van der Waals surface area contributed by atoms with Crippen LogP contribution in [-0.2, 0) is 0 Å². The minimum Gasteiger partial charge on any atom is -0.367 e. The van der Waals surface area contributed by atoms with Crippen molar-refractivity contribution in [2.75, 3.05) is 31.1 Å². The SMILES string of the molecule is Cc1cccnc1[C@@H]1CCC[C@H](c2nc3cccc(N4CCN5CCCC5C4)c3[nH]2)N1. The molecule has 0 aliphatic carbocycles. The Hall–Kier alpha value is -2.44. The summed E-state index contributed by atoms with van der Waals surface area (Å²) in [5.74, 6) is 1.07. The second-order valence-electron chi connectivity index (χ2n) is 9.48. The van der Waals surface area contributed by atoms with Crippen molar-refractivity contribution in [1.29, 1.82) is 0 Å². The van der Waals surface area contributed by atoms with E-state index in [1.54, 1.807) is 0 Å². The molecule has 3 aromatic rings. The lowest BCUT2D eigenvalue weighted by Gasteiger charge is -2.38. The molecule has 3 aliphatic rings. The van der Waals surface area contributed by atoms with Gasteiger partial charge in [-0.1, -0.05) is 12.1 Å². The van der Waals surface area contributed by atoms with Crippen LogP contribution in [0.15, 0.2) is 36.5 Å². The molecule has 5 heterocycles. The first-order chi connectivity index (χ1) is 15.3. The van der Waals surface area contributed by atoms with Crippen LogP contribution in [-0.4, -0.2) is 52.1 Å². The number of piperazine rings is 1. The van der Waals surface area contributed by atoms with E-state index in [0.717, 1.165) is 37.3 Å². The van der Waals surface area contributed by atoms with E-state index in [1.807, 2.05) is 12.3 Å². The van der Waals surface area contributed by atoms with Gasteiger partial charge in [0.25, 0.3) is 0 Å². The number of imidazole rings is 1. The monoisotopic (exact) mass is 416 g/mol. The molecule has 0 amide bonds. The lowest BCUT2D eigenvalue weighted by molar-refractivity contribution is 0.231. The molecule has 6 heteroatoms. The topological polar surface area (TPSA) is 60.1 Å². The van der Waals surface area contributed by atoms with Crippen LogP contribution in [0.2, 0.25) is 0 Å².